The first-order valence-corrected chi connectivity index (χ1v) is 11.0. The van der Waals surface area contributed by atoms with Crippen molar-refractivity contribution in [3.05, 3.63) is 29.8 Å². The minimum Gasteiger partial charge on any atom is -0.452 e. The van der Waals surface area contributed by atoms with Crippen LogP contribution in [0.3, 0.4) is 0 Å². The lowest BCUT2D eigenvalue weighted by Crippen LogP contribution is -2.50. The van der Waals surface area contributed by atoms with E-state index in [0.717, 1.165) is 19.3 Å². The lowest BCUT2D eigenvalue weighted by Gasteiger charge is -2.27. The standard InChI is InChI=1S/C20H27N3O5S/c1-15(2)20(3,14-21)22-18(24)13-28-19(25)16-7-9-17(10-8-16)29(26,27)23-11-5-4-6-12-23/h7-10,15H,4-6,11-13H2,1-3H3,(H,22,24)/t20-/m0/s1. The van der Waals surface area contributed by atoms with Crippen molar-refractivity contribution in [1.82, 2.24) is 9.62 Å². The zero-order valence-electron chi connectivity index (χ0n) is 17.0. The van der Waals surface area contributed by atoms with Crippen LogP contribution in [0.5, 0.6) is 0 Å². The molecule has 8 nitrogen and oxygen atoms in total. The third-order valence-corrected chi connectivity index (χ3v) is 7.08. The van der Waals surface area contributed by atoms with E-state index < -0.39 is 34.0 Å². The van der Waals surface area contributed by atoms with Crippen molar-refractivity contribution in [2.24, 2.45) is 5.92 Å². The molecule has 1 N–H and O–H groups in total. The van der Waals surface area contributed by atoms with Gasteiger partial charge in [-0.05, 0) is 49.9 Å². The van der Waals surface area contributed by atoms with Gasteiger partial charge in [0.25, 0.3) is 5.91 Å². The van der Waals surface area contributed by atoms with Crippen molar-refractivity contribution >= 4 is 21.9 Å². The Kier molecular flexibility index (Phi) is 7.38. The van der Waals surface area contributed by atoms with Crippen molar-refractivity contribution in [2.75, 3.05) is 19.7 Å². The molecule has 1 fully saturated rings. The number of carbonyl (C=O) groups is 2. The van der Waals surface area contributed by atoms with E-state index in [2.05, 4.69) is 5.32 Å². The lowest BCUT2D eigenvalue weighted by molar-refractivity contribution is -0.125. The topological polar surface area (TPSA) is 117 Å². The minimum absolute atomic E-state index is 0.121. The van der Waals surface area contributed by atoms with Gasteiger partial charge in [-0.15, -0.1) is 0 Å². The highest BCUT2D eigenvalue weighted by Gasteiger charge is 2.30. The van der Waals surface area contributed by atoms with E-state index >= 15 is 0 Å². The van der Waals surface area contributed by atoms with E-state index in [1.807, 2.05) is 6.07 Å². The average molecular weight is 422 g/mol. The van der Waals surface area contributed by atoms with E-state index in [0.29, 0.717) is 13.1 Å². The first kappa shape index (κ1) is 22.8. The van der Waals surface area contributed by atoms with Crippen LogP contribution in [0.2, 0.25) is 0 Å². The van der Waals surface area contributed by atoms with Crippen LogP contribution in [-0.4, -0.2) is 49.8 Å². The summed E-state index contributed by atoms with van der Waals surface area (Å²) in [6.45, 7) is 5.66. The monoisotopic (exact) mass is 421 g/mol. The molecule has 1 saturated heterocycles. The SMILES string of the molecule is CC(C)[C@](C)(C#N)NC(=O)COC(=O)c1ccc(S(=O)(=O)N2CCCCC2)cc1. The quantitative estimate of drug-likeness (QED) is 0.674. The molecule has 1 aromatic rings. The maximum atomic E-state index is 12.6. The van der Waals surface area contributed by atoms with Gasteiger partial charge in [0.15, 0.2) is 6.61 Å². The van der Waals surface area contributed by atoms with Gasteiger partial charge in [-0.25, -0.2) is 13.2 Å². The van der Waals surface area contributed by atoms with Crippen molar-refractivity contribution < 1.29 is 22.7 Å². The number of piperidine rings is 1. The Morgan fingerprint density at radius 1 is 1.21 bits per heavy atom. The molecule has 1 amide bonds. The molecule has 1 aliphatic rings. The smallest absolute Gasteiger partial charge is 0.338 e. The molecule has 9 heteroatoms. The summed E-state index contributed by atoms with van der Waals surface area (Å²) in [5, 5.41) is 11.8. The van der Waals surface area contributed by atoms with Crippen LogP contribution in [0.15, 0.2) is 29.2 Å². The summed E-state index contributed by atoms with van der Waals surface area (Å²) in [6.07, 6.45) is 2.70. The van der Waals surface area contributed by atoms with Gasteiger partial charge in [0, 0.05) is 13.1 Å². The molecular weight excluding hydrogens is 394 g/mol. The van der Waals surface area contributed by atoms with Crippen molar-refractivity contribution in [2.45, 2.75) is 50.5 Å². The molecule has 0 aliphatic carbocycles. The van der Waals surface area contributed by atoms with E-state index in [-0.39, 0.29) is 16.4 Å². The van der Waals surface area contributed by atoms with Crippen molar-refractivity contribution in [1.29, 1.82) is 5.26 Å². The van der Waals surface area contributed by atoms with Crippen LogP contribution < -0.4 is 5.32 Å². The molecule has 1 atom stereocenters. The van der Waals surface area contributed by atoms with E-state index in [9.17, 15) is 23.3 Å². The Hall–Kier alpha value is -2.44. The number of nitrogens with zero attached hydrogens (tertiary/aromatic N) is 2. The van der Waals surface area contributed by atoms with Gasteiger partial charge in [-0.1, -0.05) is 20.3 Å². The van der Waals surface area contributed by atoms with Crippen LogP contribution in [0, 0.1) is 17.2 Å². The largest absolute Gasteiger partial charge is 0.452 e. The molecule has 2 rings (SSSR count). The maximum absolute atomic E-state index is 12.6. The van der Waals surface area contributed by atoms with Crippen LogP contribution in [0.1, 0.15) is 50.4 Å². The third-order valence-electron chi connectivity index (χ3n) is 5.16. The highest BCUT2D eigenvalue weighted by Crippen LogP contribution is 2.21. The molecular formula is C20H27N3O5S. The summed E-state index contributed by atoms with van der Waals surface area (Å²) in [5.74, 6) is -1.45. The maximum Gasteiger partial charge on any atom is 0.338 e. The van der Waals surface area contributed by atoms with Gasteiger partial charge >= 0.3 is 5.97 Å². The Labute approximate surface area is 171 Å². The number of rotatable bonds is 7. The third kappa shape index (κ3) is 5.55. The zero-order chi connectivity index (χ0) is 21.7. The Morgan fingerprint density at radius 2 is 1.79 bits per heavy atom. The number of hydrogen-bond donors (Lipinski definition) is 1. The zero-order valence-corrected chi connectivity index (χ0v) is 17.8. The van der Waals surface area contributed by atoms with E-state index in [1.54, 1.807) is 20.8 Å². The van der Waals surface area contributed by atoms with Gasteiger partial charge in [0.1, 0.15) is 5.54 Å². The van der Waals surface area contributed by atoms with Gasteiger partial charge in [-0.2, -0.15) is 9.57 Å². The number of sulfonamides is 1. The van der Waals surface area contributed by atoms with Gasteiger partial charge in [0.2, 0.25) is 10.0 Å². The summed E-state index contributed by atoms with van der Waals surface area (Å²) < 4.78 is 31.7. The Morgan fingerprint density at radius 3 is 2.31 bits per heavy atom. The summed E-state index contributed by atoms with van der Waals surface area (Å²) in [4.78, 5) is 24.3. The second-order valence-electron chi connectivity index (χ2n) is 7.58. The van der Waals surface area contributed by atoms with E-state index in [4.69, 9.17) is 4.74 Å². The molecule has 0 spiro atoms. The number of hydrogen-bond acceptors (Lipinski definition) is 6. The molecule has 29 heavy (non-hydrogen) atoms. The number of carbonyl (C=O) groups excluding carboxylic acids is 2. The van der Waals surface area contributed by atoms with Gasteiger partial charge in [-0.3, -0.25) is 4.79 Å². The predicted octanol–water partition coefficient (Wildman–Crippen LogP) is 2.07. The van der Waals surface area contributed by atoms with Crippen molar-refractivity contribution in [3.8, 4) is 6.07 Å². The number of benzene rings is 1. The fourth-order valence-corrected chi connectivity index (χ4v) is 4.38. The molecule has 0 aromatic heterocycles. The number of amides is 1. The Bertz CT molecular complexity index is 884. The lowest BCUT2D eigenvalue weighted by atomic mass is 9.90. The highest BCUT2D eigenvalue weighted by molar-refractivity contribution is 7.89. The number of ether oxygens (including phenoxy) is 1. The number of nitrogens with one attached hydrogen (secondary N) is 1. The molecule has 1 aliphatic heterocycles. The first-order valence-electron chi connectivity index (χ1n) is 9.60. The second-order valence-corrected chi connectivity index (χ2v) is 9.52. The van der Waals surface area contributed by atoms with Gasteiger partial charge in [0.05, 0.1) is 16.5 Å². The number of esters is 1. The predicted molar refractivity (Wildman–Crippen MR) is 106 cm³/mol. The molecule has 1 aromatic carbocycles. The van der Waals surface area contributed by atoms with Crippen LogP contribution in [0.4, 0.5) is 0 Å². The van der Waals surface area contributed by atoms with Gasteiger partial charge < -0.3 is 10.1 Å². The minimum atomic E-state index is -3.58. The molecule has 158 valence electrons. The highest BCUT2D eigenvalue weighted by atomic mass is 32.2. The normalized spacial score (nSPS) is 17.2. The molecule has 0 radical (unpaired) electrons. The Balaban J connectivity index is 1.97. The van der Waals surface area contributed by atoms with E-state index in [1.165, 1.54) is 28.6 Å². The first-order chi connectivity index (χ1) is 13.6. The van der Waals surface area contributed by atoms with Crippen LogP contribution in [-0.2, 0) is 19.6 Å². The number of nitriles is 1. The average Bonchev–Trinajstić information content (AvgIpc) is 2.72. The van der Waals surface area contributed by atoms with Crippen LogP contribution >= 0.6 is 0 Å². The summed E-state index contributed by atoms with van der Waals surface area (Å²) in [6, 6.07) is 7.51. The second kappa shape index (κ2) is 9.37. The molecule has 0 bridgehead atoms. The molecule has 0 unspecified atom stereocenters. The summed E-state index contributed by atoms with van der Waals surface area (Å²) in [5.41, 5.74) is -0.921. The fraction of sp³-hybridized carbons (Fsp3) is 0.550. The summed E-state index contributed by atoms with van der Waals surface area (Å²) in [7, 11) is -3.58. The van der Waals surface area contributed by atoms with Crippen molar-refractivity contribution in [3.63, 3.8) is 0 Å². The summed E-state index contributed by atoms with van der Waals surface area (Å²) >= 11 is 0. The van der Waals surface area contributed by atoms with Crippen LogP contribution in [0.25, 0.3) is 0 Å². The molecule has 0 saturated carbocycles. The molecule has 1 heterocycles. The fourth-order valence-electron chi connectivity index (χ4n) is 2.86.